The van der Waals surface area contributed by atoms with Crippen molar-refractivity contribution in [3.05, 3.63) is 59.4 Å². The summed E-state index contributed by atoms with van der Waals surface area (Å²) in [6.45, 7) is 1.07. The number of rotatable bonds is 6. The second-order valence-electron chi connectivity index (χ2n) is 6.29. The van der Waals surface area contributed by atoms with Gasteiger partial charge in [0.2, 0.25) is 15.9 Å². The summed E-state index contributed by atoms with van der Waals surface area (Å²) in [5.41, 5.74) is 0. The van der Waals surface area contributed by atoms with E-state index in [4.69, 9.17) is 11.6 Å². The minimum Gasteiger partial charge on any atom is -0.340 e. The number of hydrogen-bond acceptors (Lipinski definition) is 4. The van der Waals surface area contributed by atoms with Gasteiger partial charge in [-0.1, -0.05) is 17.7 Å². The molecule has 0 aromatic heterocycles. The molecular weight excluding hydrogens is 423 g/mol. The average Bonchev–Trinajstić information content (AvgIpc) is 2.69. The van der Waals surface area contributed by atoms with Gasteiger partial charge in [-0.15, -0.1) is 11.8 Å². The van der Waals surface area contributed by atoms with E-state index in [1.165, 1.54) is 22.5 Å². The van der Waals surface area contributed by atoms with Crippen LogP contribution in [0.5, 0.6) is 0 Å². The fourth-order valence-corrected chi connectivity index (χ4v) is 5.32. The van der Waals surface area contributed by atoms with Crippen LogP contribution in [0.2, 0.25) is 5.02 Å². The summed E-state index contributed by atoms with van der Waals surface area (Å²) < 4.78 is 39.9. The van der Waals surface area contributed by atoms with Crippen molar-refractivity contribution in [3.63, 3.8) is 0 Å². The van der Waals surface area contributed by atoms with Gasteiger partial charge in [0.1, 0.15) is 5.82 Å². The molecule has 0 spiro atoms. The molecule has 0 aliphatic carbocycles. The number of sulfonamides is 1. The molecule has 2 aromatic carbocycles. The van der Waals surface area contributed by atoms with Gasteiger partial charge in [-0.25, -0.2) is 12.8 Å². The summed E-state index contributed by atoms with van der Waals surface area (Å²) in [5, 5.41) is 0.673. The fourth-order valence-electron chi connectivity index (χ4n) is 2.90. The molecule has 1 aliphatic heterocycles. The Hall–Kier alpha value is -1.61. The van der Waals surface area contributed by atoms with Crippen LogP contribution >= 0.6 is 23.4 Å². The highest BCUT2D eigenvalue weighted by atomic mass is 35.5. The van der Waals surface area contributed by atoms with Gasteiger partial charge in [-0.2, -0.15) is 4.31 Å². The normalized spacial score (nSPS) is 15.6. The lowest BCUT2D eigenvalue weighted by Crippen LogP contribution is -2.50. The van der Waals surface area contributed by atoms with Gasteiger partial charge in [0.25, 0.3) is 0 Å². The molecule has 2 aromatic rings. The third-order valence-corrected chi connectivity index (χ3v) is 7.58. The number of amides is 1. The number of halogens is 2. The molecule has 0 bridgehead atoms. The first kappa shape index (κ1) is 21.1. The molecule has 0 atom stereocenters. The van der Waals surface area contributed by atoms with Crippen LogP contribution in [0.1, 0.15) is 6.42 Å². The maximum Gasteiger partial charge on any atom is 0.243 e. The van der Waals surface area contributed by atoms with Crippen molar-refractivity contribution in [1.29, 1.82) is 0 Å². The zero-order chi connectivity index (χ0) is 20.1. The van der Waals surface area contributed by atoms with Crippen LogP contribution in [0.25, 0.3) is 0 Å². The standard InChI is InChI=1S/C19H20ClFN2O3S2/c20-15-4-6-17(7-5-15)27-13-8-19(24)22-9-11-23(12-10-22)28(25,26)18-3-1-2-16(21)14-18/h1-7,14H,8-13H2. The molecule has 0 saturated carbocycles. The van der Waals surface area contributed by atoms with Crippen LogP contribution in [-0.4, -0.2) is 55.5 Å². The summed E-state index contributed by atoms with van der Waals surface area (Å²) in [6.07, 6.45) is 0.379. The van der Waals surface area contributed by atoms with E-state index in [1.54, 1.807) is 16.7 Å². The van der Waals surface area contributed by atoms with E-state index >= 15 is 0 Å². The minimum absolute atomic E-state index is 0.00395. The Bertz CT molecular complexity index is 930. The molecule has 0 N–H and O–H groups in total. The zero-order valence-electron chi connectivity index (χ0n) is 15.1. The third kappa shape index (κ3) is 5.26. The van der Waals surface area contributed by atoms with Gasteiger partial charge in [0, 0.05) is 48.3 Å². The predicted octanol–water partition coefficient (Wildman–Crippen LogP) is 3.49. The van der Waals surface area contributed by atoms with Crippen molar-refractivity contribution in [2.24, 2.45) is 0 Å². The Morgan fingerprint density at radius 1 is 1.07 bits per heavy atom. The van der Waals surface area contributed by atoms with Crippen LogP contribution in [0.15, 0.2) is 58.3 Å². The molecule has 1 aliphatic rings. The largest absolute Gasteiger partial charge is 0.340 e. The highest BCUT2D eigenvalue weighted by molar-refractivity contribution is 7.99. The Morgan fingerprint density at radius 2 is 1.75 bits per heavy atom. The number of piperazine rings is 1. The first-order valence-electron chi connectivity index (χ1n) is 8.78. The van der Waals surface area contributed by atoms with Gasteiger partial charge in [-0.05, 0) is 42.5 Å². The summed E-state index contributed by atoms with van der Waals surface area (Å²) in [5.74, 6) is 0.0553. The molecule has 0 radical (unpaired) electrons. The average molecular weight is 443 g/mol. The van der Waals surface area contributed by atoms with Gasteiger partial charge >= 0.3 is 0 Å². The highest BCUT2D eigenvalue weighted by Gasteiger charge is 2.30. The molecule has 28 heavy (non-hydrogen) atoms. The smallest absolute Gasteiger partial charge is 0.243 e. The fraction of sp³-hybridized carbons (Fsp3) is 0.316. The Morgan fingerprint density at radius 3 is 2.39 bits per heavy atom. The lowest BCUT2D eigenvalue weighted by molar-refractivity contribution is -0.131. The topological polar surface area (TPSA) is 57.7 Å². The first-order valence-corrected chi connectivity index (χ1v) is 11.6. The van der Waals surface area contributed by atoms with E-state index in [2.05, 4.69) is 0 Å². The number of benzene rings is 2. The van der Waals surface area contributed by atoms with Gasteiger partial charge < -0.3 is 4.90 Å². The Labute approximate surface area is 173 Å². The summed E-state index contributed by atoms with van der Waals surface area (Å²) in [6, 6.07) is 12.4. The second-order valence-corrected chi connectivity index (χ2v) is 9.84. The van der Waals surface area contributed by atoms with Crippen molar-refractivity contribution in [2.45, 2.75) is 16.2 Å². The molecule has 1 saturated heterocycles. The number of nitrogens with zero attached hydrogens (tertiary/aromatic N) is 2. The third-order valence-electron chi connectivity index (χ3n) is 4.42. The monoisotopic (exact) mass is 442 g/mol. The van der Waals surface area contributed by atoms with Crippen LogP contribution < -0.4 is 0 Å². The van der Waals surface area contributed by atoms with Gasteiger partial charge in [0.05, 0.1) is 4.90 Å². The van der Waals surface area contributed by atoms with Crippen molar-refractivity contribution in [1.82, 2.24) is 9.21 Å². The zero-order valence-corrected chi connectivity index (χ0v) is 17.4. The maximum absolute atomic E-state index is 13.3. The summed E-state index contributed by atoms with van der Waals surface area (Å²) in [4.78, 5) is 15.0. The van der Waals surface area contributed by atoms with E-state index < -0.39 is 15.8 Å². The lowest BCUT2D eigenvalue weighted by Gasteiger charge is -2.34. The molecule has 0 unspecified atom stereocenters. The van der Waals surface area contributed by atoms with E-state index in [0.29, 0.717) is 30.3 Å². The van der Waals surface area contributed by atoms with Gasteiger partial charge in [0.15, 0.2) is 0 Å². The number of carbonyl (C=O) groups is 1. The molecule has 1 heterocycles. The molecule has 3 rings (SSSR count). The molecular formula is C19H20ClFN2O3S2. The van der Waals surface area contributed by atoms with Crippen LogP contribution in [0, 0.1) is 5.82 Å². The van der Waals surface area contributed by atoms with Crippen LogP contribution in [0.4, 0.5) is 4.39 Å². The molecule has 1 fully saturated rings. The SMILES string of the molecule is O=C(CCSc1ccc(Cl)cc1)N1CCN(S(=O)(=O)c2cccc(F)c2)CC1. The van der Waals surface area contributed by atoms with Crippen molar-refractivity contribution < 1.29 is 17.6 Å². The van der Waals surface area contributed by atoms with Crippen molar-refractivity contribution in [2.75, 3.05) is 31.9 Å². The van der Waals surface area contributed by atoms with E-state index in [1.807, 2.05) is 24.3 Å². The quantitative estimate of drug-likeness (QED) is 0.642. The number of hydrogen-bond donors (Lipinski definition) is 0. The van der Waals surface area contributed by atoms with Crippen molar-refractivity contribution in [3.8, 4) is 0 Å². The molecule has 1 amide bonds. The molecule has 5 nitrogen and oxygen atoms in total. The number of thioether (sulfide) groups is 1. The Kier molecular flexibility index (Phi) is 6.98. The van der Waals surface area contributed by atoms with E-state index in [9.17, 15) is 17.6 Å². The second kappa shape index (κ2) is 9.26. The first-order chi connectivity index (χ1) is 13.4. The van der Waals surface area contributed by atoms with E-state index in [-0.39, 0.29) is 23.9 Å². The maximum atomic E-state index is 13.3. The van der Waals surface area contributed by atoms with Crippen LogP contribution in [-0.2, 0) is 14.8 Å². The van der Waals surface area contributed by atoms with Crippen LogP contribution in [0.3, 0.4) is 0 Å². The molecule has 9 heteroatoms. The minimum atomic E-state index is -3.75. The Balaban J connectivity index is 1.49. The summed E-state index contributed by atoms with van der Waals surface area (Å²) >= 11 is 7.43. The predicted molar refractivity (Wildman–Crippen MR) is 109 cm³/mol. The summed E-state index contributed by atoms with van der Waals surface area (Å²) in [7, 11) is -3.75. The lowest BCUT2D eigenvalue weighted by atomic mass is 10.3. The van der Waals surface area contributed by atoms with Crippen molar-refractivity contribution >= 4 is 39.3 Å². The van der Waals surface area contributed by atoms with Gasteiger partial charge in [-0.3, -0.25) is 4.79 Å². The number of carbonyl (C=O) groups excluding carboxylic acids is 1. The highest BCUT2D eigenvalue weighted by Crippen LogP contribution is 2.22. The van der Waals surface area contributed by atoms with E-state index in [0.717, 1.165) is 11.0 Å². The molecule has 150 valence electrons.